The predicted molar refractivity (Wildman–Crippen MR) is 90.7 cm³/mol. The second-order valence-corrected chi connectivity index (χ2v) is 6.71. The number of carbonyl (C=O) groups excluding carboxylic acids is 1. The van der Waals surface area contributed by atoms with Gasteiger partial charge in [0.05, 0.1) is 11.7 Å². The van der Waals surface area contributed by atoms with Gasteiger partial charge in [0, 0.05) is 35.3 Å². The lowest BCUT2D eigenvalue weighted by Gasteiger charge is -2.23. The van der Waals surface area contributed by atoms with Gasteiger partial charge >= 0.3 is 0 Å². The highest BCUT2D eigenvalue weighted by Gasteiger charge is 2.28. The van der Waals surface area contributed by atoms with Crippen LogP contribution in [0.3, 0.4) is 0 Å². The molecule has 4 nitrogen and oxygen atoms in total. The Labute approximate surface area is 138 Å². The Bertz CT molecular complexity index is 663. The first kappa shape index (κ1) is 14.6. The van der Waals surface area contributed by atoms with E-state index in [2.05, 4.69) is 53.8 Å². The molecule has 1 unspecified atom stereocenters. The largest absolute Gasteiger partial charge is 0.336 e. The molecule has 110 valence electrons. The van der Waals surface area contributed by atoms with Gasteiger partial charge in [-0.3, -0.25) is 4.79 Å². The lowest BCUT2D eigenvalue weighted by atomic mass is 10.2. The van der Waals surface area contributed by atoms with E-state index in [1.807, 2.05) is 22.7 Å². The molecular formula is C16H18IN3O. The van der Waals surface area contributed by atoms with E-state index in [0.717, 1.165) is 30.0 Å². The molecule has 0 radical (unpaired) electrons. The number of aryl methyl sites for hydroxylation is 1. The number of carbonyl (C=O) groups is 1. The van der Waals surface area contributed by atoms with Crippen LogP contribution in [0.5, 0.6) is 0 Å². The number of aromatic nitrogens is 2. The fourth-order valence-corrected chi connectivity index (χ4v) is 3.21. The summed E-state index contributed by atoms with van der Waals surface area (Å²) in [5, 5.41) is 0. The van der Waals surface area contributed by atoms with Crippen LogP contribution < -0.4 is 0 Å². The molecule has 0 aliphatic carbocycles. The van der Waals surface area contributed by atoms with Crippen LogP contribution in [0.25, 0.3) is 11.3 Å². The van der Waals surface area contributed by atoms with Crippen molar-refractivity contribution >= 4 is 28.5 Å². The Hall–Kier alpha value is -1.37. The summed E-state index contributed by atoms with van der Waals surface area (Å²) in [7, 11) is 2.00. The van der Waals surface area contributed by atoms with Gasteiger partial charge in [-0.15, -0.1) is 0 Å². The number of hydrogen-bond donors (Lipinski definition) is 0. The van der Waals surface area contributed by atoms with Crippen molar-refractivity contribution in [1.82, 2.24) is 14.5 Å². The fourth-order valence-electron chi connectivity index (χ4n) is 2.85. The van der Waals surface area contributed by atoms with Crippen LogP contribution in [0.2, 0.25) is 0 Å². The summed E-state index contributed by atoms with van der Waals surface area (Å²) in [6.45, 7) is 2.90. The Balaban J connectivity index is 1.90. The molecule has 1 aliphatic rings. The van der Waals surface area contributed by atoms with E-state index in [1.165, 1.54) is 3.57 Å². The molecule has 1 amide bonds. The SMILES string of the molecule is CC(c1nc(-c2ccc(I)cc2)cn1C)N1CCCC1=O. The zero-order chi connectivity index (χ0) is 15.0. The zero-order valence-corrected chi connectivity index (χ0v) is 14.4. The first-order chi connectivity index (χ1) is 10.1. The maximum absolute atomic E-state index is 11.9. The number of nitrogens with zero attached hydrogens (tertiary/aromatic N) is 3. The Morgan fingerprint density at radius 2 is 2.00 bits per heavy atom. The molecule has 0 saturated carbocycles. The van der Waals surface area contributed by atoms with Gasteiger partial charge < -0.3 is 9.47 Å². The molecule has 1 fully saturated rings. The average Bonchev–Trinajstić information content (AvgIpc) is 3.05. The molecule has 1 aromatic heterocycles. The number of likely N-dealkylation sites (tertiary alicyclic amines) is 1. The molecule has 1 aliphatic heterocycles. The number of imidazole rings is 1. The maximum Gasteiger partial charge on any atom is 0.223 e. The normalized spacial score (nSPS) is 16.5. The average molecular weight is 395 g/mol. The molecule has 2 aromatic rings. The van der Waals surface area contributed by atoms with Gasteiger partial charge in [-0.25, -0.2) is 4.98 Å². The van der Waals surface area contributed by atoms with Crippen LogP contribution in [0, 0.1) is 3.57 Å². The third-order valence-electron chi connectivity index (χ3n) is 4.00. The number of hydrogen-bond acceptors (Lipinski definition) is 2. The maximum atomic E-state index is 11.9. The molecule has 1 saturated heterocycles. The van der Waals surface area contributed by atoms with E-state index in [9.17, 15) is 4.79 Å². The smallest absolute Gasteiger partial charge is 0.223 e. The quantitative estimate of drug-likeness (QED) is 0.748. The van der Waals surface area contributed by atoms with E-state index < -0.39 is 0 Å². The van der Waals surface area contributed by atoms with Gasteiger partial charge in [0.15, 0.2) is 0 Å². The highest BCUT2D eigenvalue weighted by Crippen LogP contribution is 2.27. The van der Waals surface area contributed by atoms with Gasteiger partial charge in [0.2, 0.25) is 5.91 Å². The number of amides is 1. The van der Waals surface area contributed by atoms with Crippen LogP contribution >= 0.6 is 22.6 Å². The van der Waals surface area contributed by atoms with Gasteiger partial charge in [-0.2, -0.15) is 0 Å². The Morgan fingerprint density at radius 3 is 2.62 bits per heavy atom. The topological polar surface area (TPSA) is 38.1 Å². The molecule has 5 heteroatoms. The van der Waals surface area contributed by atoms with Crippen LogP contribution in [0.4, 0.5) is 0 Å². The second-order valence-electron chi connectivity index (χ2n) is 5.47. The molecule has 3 rings (SSSR count). The predicted octanol–water partition coefficient (Wildman–Crippen LogP) is 3.38. The van der Waals surface area contributed by atoms with Gasteiger partial charge in [-0.05, 0) is 48.1 Å². The minimum Gasteiger partial charge on any atom is -0.336 e. The fraction of sp³-hybridized carbons (Fsp3) is 0.375. The lowest BCUT2D eigenvalue weighted by molar-refractivity contribution is -0.129. The standard InChI is InChI=1S/C16H18IN3O/c1-11(20-9-3-4-15(20)21)16-18-14(10-19(16)2)12-5-7-13(17)8-6-12/h5-8,10-11H,3-4,9H2,1-2H3. The summed E-state index contributed by atoms with van der Waals surface area (Å²) >= 11 is 2.30. The minimum absolute atomic E-state index is 0.0302. The van der Waals surface area contributed by atoms with Crippen LogP contribution in [0.15, 0.2) is 30.5 Å². The summed E-state index contributed by atoms with van der Waals surface area (Å²) in [4.78, 5) is 18.6. The molecule has 1 aromatic carbocycles. The molecule has 0 N–H and O–H groups in total. The molecule has 1 atom stereocenters. The summed E-state index contributed by atoms with van der Waals surface area (Å²) < 4.78 is 3.24. The molecule has 21 heavy (non-hydrogen) atoms. The summed E-state index contributed by atoms with van der Waals surface area (Å²) in [6, 6.07) is 8.36. The van der Waals surface area contributed by atoms with Crippen molar-refractivity contribution in [3.05, 3.63) is 39.9 Å². The third kappa shape index (κ3) is 2.84. The van der Waals surface area contributed by atoms with Crippen LogP contribution in [-0.4, -0.2) is 26.9 Å². The van der Waals surface area contributed by atoms with Crippen molar-refractivity contribution in [3.63, 3.8) is 0 Å². The number of benzene rings is 1. The highest BCUT2D eigenvalue weighted by molar-refractivity contribution is 14.1. The van der Waals surface area contributed by atoms with Crippen LogP contribution in [0.1, 0.15) is 31.6 Å². The van der Waals surface area contributed by atoms with Crippen molar-refractivity contribution in [2.75, 3.05) is 6.54 Å². The summed E-state index contributed by atoms with van der Waals surface area (Å²) in [6.07, 6.45) is 3.66. The van der Waals surface area contributed by atoms with Crippen LogP contribution in [-0.2, 0) is 11.8 Å². The molecular weight excluding hydrogens is 377 g/mol. The lowest BCUT2D eigenvalue weighted by Crippen LogP contribution is -2.29. The van der Waals surface area contributed by atoms with E-state index in [0.29, 0.717) is 6.42 Å². The first-order valence-corrected chi connectivity index (χ1v) is 8.23. The second kappa shape index (κ2) is 5.79. The van der Waals surface area contributed by atoms with Gasteiger partial charge in [0.25, 0.3) is 0 Å². The van der Waals surface area contributed by atoms with E-state index in [1.54, 1.807) is 0 Å². The summed E-state index contributed by atoms with van der Waals surface area (Å²) in [5.41, 5.74) is 2.07. The first-order valence-electron chi connectivity index (χ1n) is 7.15. The van der Waals surface area contributed by atoms with Crippen molar-refractivity contribution in [1.29, 1.82) is 0 Å². The van der Waals surface area contributed by atoms with E-state index in [-0.39, 0.29) is 11.9 Å². The zero-order valence-electron chi connectivity index (χ0n) is 12.2. The van der Waals surface area contributed by atoms with Gasteiger partial charge in [-0.1, -0.05) is 12.1 Å². The number of halogens is 1. The van der Waals surface area contributed by atoms with E-state index >= 15 is 0 Å². The Morgan fingerprint density at radius 1 is 1.29 bits per heavy atom. The monoisotopic (exact) mass is 395 g/mol. The van der Waals surface area contributed by atoms with Crippen molar-refractivity contribution in [2.24, 2.45) is 7.05 Å². The van der Waals surface area contributed by atoms with Crippen molar-refractivity contribution < 1.29 is 4.79 Å². The molecule has 0 spiro atoms. The minimum atomic E-state index is 0.0302. The molecule has 2 heterocycles. The Kier molecular flexibility index (Phi) is 4.01. The molecule has 0 bridgehead atoms. The van der Waals surface area contributed by atoms with Crippen molar-refractivity contribution in [3.8, 4) is 11.3 Å². The summed E-state index contributed by atoms with van der Waals surface area (Å²) in [5.74, 6) is 1.18. The third-order valence-corrected chi connectivity index (χ3v) is 4.72. The number of rotatable bonds is 3. The van der Waals surface area contributed by atoms with E-state index in [4.69, 9.17) is 4.98 Å². The van der Waals surface area contributed by atoms with Crippen molar-refractivity contribution in [2.45, 2.75) is 25.8 Å². The van der Waals surface area contributed by atoms with Gasteiger partial charge in [0.1, 0.15) is 5.82 Å². The highest BCUT2D eigenvalue weighted by atomic mass is 127.